The third-order valence-corrected chi connectivity index (χ3v) is 8.81. The number of nitrogens with zero attached hydrogens (tertiary/aromatic N) is 2. The summed E-state index contributed by atoms with van der Waals surface area (Å²) in [5.41, 5.74) is 1.51. The molecule has 0 spiro atoms. The second-order valence-electron chi connectivity index (χ2n) is 9.45. The summed E-state index contributed by atoms with van der Waals surface area (Å²) in [5.74, 6) is -1.38. The lowest BCUT2D eigenvalue weighted by atomic mass is 10.1. The Balaban J connectivity index is 1.56. The fourth-order valence-electron chi connectivity index (χ4n) is 4.96. The van der Waals surface area contributed by atoms with Crippen LogP contribution in [-0.4, -0.2) is 36.5 Å². The molecule has 39 heavy (non-hydrogen) atoms. The van der Waals surface area contributed by atoms with Gasteiger partial charge in [-0.3, -0.25) is 14.4 Å². The van der Waals surface area contributed by atoms with Gasteiger partial charge in [0.25, 0.3) is 5.91 Å². The molecule has 3 amide bonds. The largest absolute Gasteiger partial charge is 0.326 e. The van der Waals surface area contributed by atoms with Crippen molar-refractivity contribution in [3.05, 3.63) is 103 Å². The van der Waals surface area contributed by atoms with Crippen LogP contribution in [0.5, 0.6) is 0 Å². The van der Waals surface area contributed by atoms with Crippen molar-refractivity contribution in [3.63, 3.8) is 0 Å². The van der Waals surface area contributed by atoms with Gasteiger partial charge in [0.05, 0.1) is 17.0 Å². The predicted octanol–water partition coefficient (Wildman–Crippen LogP) is 4.88. The molecule has 1 aliphatic heterocycles. The van der Waals surface area contributed by atoms with Gasteiger partial charge in [-0.2, -0.15) is 4.31 Å². The average molecular weight is 542 g/mol. The number of sulfonamides is 1. The summed E-state index contributed by atoms with van der Waals surface area (Å²) in [6.45, 7) is 3.10. The minimum absolute atomic E-state index is 0.0438. The normalized spacial score (nSPS) is 16.6. The summed E-state index contributed by atoms with van der Waals surface area (Å²) < 4.78 is 29.6. The third-order valence-electron chi connectivity index (χ3n) is 6.84. The highest BCUT2D eigenvalue weighted by molar-refractivity contribution is 7.89. The summed E-state index contributed by atoms with van der Waals surface area (Å²) in [7, 11) is -4.22. The van der Waals surface area contributed by atoms with Crippen molar-refractivity contribution in [1.29, 1.82) is 0 Å². The second-order valence-corrected chi connectivity index (χ2v) is 11.3. The van der Waals surface area contributed by atoms with Crippen molar-refractivity contribution in [2.45, 2.75) is 37.2 Å². The Morgan fingerprint density at radius 3 is 2.21 bits per heavy atom. The highest BCUT2D eigenvalue weighted by atomic mass is 32.2. The molecule has 4 aromatic carbocycles. The molecule has 1 heterocycles. The maximum atomic E-state index is 14.2. The number of anilines is 2. The molecule has 0 aliphatic carbocycles. The molecule has 2 atom stereocenters. The minimum atomic E-state index is -4.22. The number of amides is 3. The van der Waals surface area contributed by atoms with E-state index >= 15 is 0 Å². The van der Waals surface area contributed by atoms with E-state index in [0.717, 1.165) is 15.7 Å². The molecule has 1 fully saturated rings. The molecule has 1 aliphatic rings. The fourth-order valence-corrected chi connectivity index (χ4v) is 6.75. The maximum Gasteiger partial charge on any atom is 0.252 e. The van der Waals surface area contributed by atoms with Gasteiger partial charge in [-0.05, 0) is 59.7 Å². The molecule has 1 N–H and O–H groups in total. The number of imide groups is 1. The van der Waals surface area contributed by atoms with E-state index in [-0.39, 0.29) is 17.2 Å². The average Bonchev–Trinajstić information content (AvgIpc) is 3.21. The third kappa shape index (κ3) is 5.06. The second kappa shape index (κ2) is 10.4. The van der Waals surface area contributed by atoms with E-state index in [4.69, 9.17) is 0 Å². The van der Waals surface area contributed by atoms with Gasteiger partial charge in [0, 0.05) is 18.7 Å². The first-order valence-corrected chi connectivity index (χ1v) is 13.9. The molecule has 0 aromatic heterocycles. The Labute approximate surface area is 226 Å². The van der Waals surface area contributed by atoms with Crippen molar-refractivity contribution in [2.24, 2.45) is 0 Å². The van der Waals surface area contributed by atoms with Crippen LogP contribution >= 0.6 is 0 Å². The van der Waals surface area contributed by atoms with E-state index in [1.807, 2.05) is 30.3 Å². The zero-order valence-corrected chi connectivity index (χ0v) is 22.3. The van der Waals surface area contributed by atoms with E-state index in [1.54, 1.807) is 67.6 Å². The van der Waals surface area contributed by atoms with E-state index in [1.165, 1.54) is 17.3 Å². The van der Waals surface area contributed by atoms with Gasteiger partial charge in [-0.15, -0.1) is 0 Å². The standard InChI is InChI=1S/C30H27N3O5S/c1-20(22-8-4-3-5-9-22)33(39(37,38)27-17-12-23-10-6-7-11-24(23)18-27)28-19-29(35)32(30(28)36)26-15-13-25(14-16-26)31-21(2)34/h3-18,20,28H,19H2,1-2H3,(H,31,34). The van der Waals surface area contributed by atoms with E-state index in [9.17, 15) is 22.8 Å². The molecular formula is C30H27N3O5S. The molecule has 9 heteroatoms. The maximum absolute atomic E-state index is 14.2. The van der Waals surface area contributed by atoms with Gasteiger partial charge in [0.2, 0.25) is 21.8 Å². The molecule has 4 aromatic rings. The molecule has 0 radical (unpaired) electrons. The molecule has 198 valence electrons. The number of benzene rings is 4. The van der Waals surface area contributed by atoms with Crippen LogP contribution in [0.3, 0.4) is 0 Å². The zero-order chi connectivity index (χ0) is 27.7. The van der Waals surface area contributed by atoms with Gasteiger partial charge >= 0.3 is 0 Å². The van der Waals surface area contributed by atoms with Crippen LogP contribution in [0.15, 0.2) is 102 Å². The van der Waals surface area contributed by atoms with Crippen molar-refractivity contribution in [2.75, 3.05) is 10.2 Å². The number of carbonyl (C=O) groups excluding carboxylic acids is 3. The smallest absolute Gasteiger partial charge is 0.252 e. The van der Waals surface area contributed by atoms with Gasteiger partial charge in [0.15, 0.2) is 0 Å². The lowest BCUT2D eigenvalue weighted by Gasteiger charge is -2.32. The number of rotatable bonds is 7. The van der Waals surface area contributed by atoms with Crippen LogP contribution in [0.2, 0.25) is 0 Å². The quantitative estimate of drug-likeness (QED) is 0.336. The monoisotopic (exact) mass is 541 g/mol. The highest BCUT2D eigenvalue weighted by Crippen LogP contribution is 2.36. The van der Waals surface area contributed by atoms with Crippen LogP contribution in [0, 0.1) is 0 Å². The molecule has 5 rings (SSSR count). The van der Waals surface area contributed by atoms with Crippen LogP contribution in [0.4, 0.5) is 11.4 Å². The van der Waals surface area contributed by atoms with Crippen molar-refractivity contribution < 1.29 is 22.8 Å². The summed E-state index contributed by atoms with van der Waals surface area (Å²) >= 11 is 0. The van der Waals surface area contributed by atoms with Crippen molar-refractivity contribution >= 4 is 49.9 Å². The lowest BCUT2D eigenvalue weighted by molar-refractivity contribution is -0.122. The number of hydrogen-bond donors (Lipinski definition) is 1. The summed E-state index contributed by atoms with van der Waals surface area (Å²) in [6.07, 6.45) is -0.295. The molecule has 2 unspecified atom stereocenters. The summed E-state index contributed by atoms with van der Waals surface area (Å²) in [6, 6.07) is 25.6. The van der Waals surface area contributed by atoms with Crippen LogP contribution < -0.4 is 10.2 Å². The Morgan fingerprint density at radius 1 is 0.897 bits per heavy atom. The number of fused-ring (bicyclic) bond motifs is 1. The topological polar surface area (TPSA) is 104 Å². The predicted molar refractivity (Wildman–Crippen MR) is 149 cm³/mol. The summed E-state index contributed by atoms with van der Waals surface area (Å²) in [5, 5.41) is 4.28. The first kappa shape index (κ1) is 26.3. The van der Waals surface area contributed by atoms with Gasteiger partial charge in [0.1, 0.15) is 6.04 Å². The Hall–Kier alpha value is -4.34. The lowest BCUT2D eigenvalue weighted by Crippen LogP contribution is -2.46. The first-order chi connectivity index (χ1) is 18.7. The molecule has 0 bridgehead atoms. The van der Waals surface area contributed by atoms with Gasteiger partial charge in [-0.1, -0.05) is 60.7 Å². The Kier molecular flexibility index (Phi) is 7.03. The van der Waals surface area contributed by atoms with Crippen LogP contribution in [0.25, 0.3) is 10.8 Å². The first-order valence-electron chi connectivity index (χ1n) is 12.5. The SMILES string of the molecule is CC(=O)Nc1ccc(N2C(=O)CC(N(C(C)c3ccccc3)S(=O)(=O)c3ccc4ccccc4c3)C2=O)cc1. The zero-order valence-electron chi connectivity index (χ0n) is 21.4. The van der Waals surface area contributed by atoms with E-state index in [0.29, 0.717) is 16.9 Å². The number of carbonyl (C=O) groups is 3. The van der Waals surface area contributed by atoms with Crippen LogP contribution in [0.1, 0.15) is 31.9 Å². The van der Waals surface area contributed by atoms with Crippen molar-refractivity contribution in [1.82, 2.24) is 4.31 Å². The minimum Gasteiger partial charge on any atom is -0.326 e. The molecule has 0 saturated carbocycles. The molecule has 8 nitrogen and oxygen atoms in total. The van der Waals surface area contributed by atoms with E-state index in [2.05, 4.69) is 5.32 Å². The Morgan fingerprint density at radius 2 is 1.54 bits per heavy atom. The Bertz CT molecular complexity index is 1670. The highest BCUT2D eigenvalue weighted by Gasteiger charge is 2.49. The molecular weight excluding hydrogens is 514 g/mol. The number of hydrogen-bond acceptors (Lipinski definition) is 5. The van der Waals surface area contributed by atoms with Crippen molar-refractivity contribution in [3.8, 4) is 0 Å². The van der Waals surface area contributed by atoms with Gasteiger partial charge in [-0.25, -0.2) is 13.3 Å². The van der Waals surface area contributed by atoms with E-state index < -0.39 is 33.9 Å². The molecule has 1 saturated heterocycles. The summed E-state index contributed by atoms with van der Waals surface area (Å²) in [4.78, 5) is 39.4. The fraction of sp³-hybridized carbons (Fsp3) is 0.167. The number of nitrogens with one attached hydrogen (secondary N) is 1. The van der Waals surface area contributed by atoms with Crippen LogP contribution in [-0.2, 0) is 24.4 Å². The van der Waals surface area contributed by atoms with Gasteiger partial charge < -0.3 is 5.32 Å².